The van der Waals surface area contributed by atoms with Crippen LogP contribution >= 0.6 is 0 Å². The van der Waals surface area contributed by atoms with Gasteiger partial charge >= 0.3 is 10.3 Å². The molecule has 0 fully saturated rings. The third kappa shape index (κ3) is 2.55. The highest BCUT2D eigenvalue weighted by Gasteiger charge is 1.98. The first-order valence-corrected chi connectivity index (χ1v) is 2.90. The molecule has 43 valence electrons. The van der Waals surface area contributed by atoms with E-state index in [4.69, 9.17) is 0 Å². The van der Waals surface area contributed by atoms with Crippen LogP contribution in [0.25, 0.3) is 0 Å². The van der Waals surface area contributed by atoms with Gasteiger partial charge in [-0.2, -0.15) is 13.1 Å². The molecule has 0 saturated heterocycles. The Labute approximate surface area is 42.7 Å². The van der Waals surface area contributed by atoms with Crippen molar-refractivity contribution in [3.05, 3.63) is 7.11 Å². The highest BCUT2D eigenvalue weighted by molar-refractivity contribution is 7.84. The molecule has 1 N–H and O–H groups in total. The Morgan fingerprint density at radius 3 is 2.14 bits per heavy atom. The molecule has 0 aliphatic heterocycles. The maximum absolute atomic E-state index is 9.97. The fourth-order valence-corrected chi connectivity index (χ4v) is 0.177. The monoisotopic (exact) mass is 124 g/mol. The fraction of sp³-hybridized carbons (Fsp3) is 0.500. The molecule has 0 saturated carbocycles. The summed E-state index contributed by atoms with van der Waals surface area (Å²) >= 11 is 0. The average Bonchev–Trinajstić information content (AvgIpc) is 1.68. The van der Waals surface area contributed by atoms with Gasteiger partial charge in [0.1, 0.15) is 0 Å². The lowest BCUT2D eigenvalue weighted by Crippen LogP contribution is -2.18. The third-order valence-corrected chi connectivity index (χ3v) is 1.22. The maximum atomic E-state index is 9.97. The van der Waals surface area contributed by atoms with Crippen molar-refractivity contribution in [2.24, 2.45) is 0 Å². The lowest BCUT2D eigenvalue weighted by Gasteiger charge is -1.92. The summed E-state index contributed by atoms with van der Waals surface area (Å²) in [6.07, 6.45) is 0. The van der Waals surface area contributed by atoms with Gasteiger partial charge in [-0.05, 0) is 0 Å². The maximum Gasteiger partial charge on any atom is 0.335 e. The van der Waals surface area contributed by atoms with Gasteiger partial charge < -0.3 is 0 Å². The van der Waals surface area contributed by atoms with Crippen molar-refractivity contribution in [1.29, 1.82) is 0 Å². The van der Waals surface area contributed by atoms with E-state index in [1.54, 1.807) is 0 Å². The minimum Gasteiger partial charge on any atom is -0.256 e. The van der Waals surface area contributed by atoms with Gasteiger partial charge in [-0.1, -0.05) is 0 Å². The molecule has 0 unspecified atom stereocenters. The van der Waals surface area contributed by atoms with E-state index >= 15 is 0 Å². The van der Waals surface area contributed by atoms with Crippen LogP contribution in [0.4, 0.5) is 0 Å². The van der Waals surface area contributed by atoms with Crippen molar-refractivity contribution in [1.82, 2.24) is 4.72 Å². The Hall–Kier alpha value is -0.130. The van der Waals surface area contributed by atoms with Crippen LogP contribution in [0, 0.1) is 7.11 Å². The molecule has 0 heterocycles. The topological polar surface area (TPSA) is 55.4 Å². The van der Waals surface area contributed by atoms with E-state index in [-0.39, 0.29) is 0 Å². The first-order valence-electron chi connectivity index (χ1n) is 1.49. The average molecular weight is 124 g/mol. The summed E-state index contributed by atoms with van der Waals surface area (Å²) in [5.41, 5.74) is 0. The van der Waals surface area contributed by atoms with Gasteiger partial charge in [-0.15, -0.1) is 0 Å². The Balaban J connectivity index is 3.89. The predicted molar refractivity (Wildman–Crippen MR) is 24.4 cm³/mol. The van der Waals surface area contributed by atoms with E-state index in [2.05, 4.69) is 11.3 Å². The van der Waals surface area contributed by atoms with Crippen LogP contribution < -0.4 is 4.72 Å². The quantitative estimate of drug-likeness (QED) is 0.527. The van der Waals surface area contributed by atoms with E-state index in [1.807, 2.05) is 4.72 Å². The molecule has 0 bridgehead atoms. The standard InChI is InChI=1S/C2H6NO3S/c1-3-7(4,5)6-2/h3H,2H2,1H3. The summed E-state index contributed by atoms with van der Waals surface area (Å²) in [6.45, 7) is 0. The van der Waals surface area contributed by atoms with E-state index in [1.165, 1.54) is 7.05 Å². The second kappa shape index (κ2) is 2.25. The molecule has 0 aliphatic carbocycles. The van der Waals surface area contributed by atoms with Gasteiger partial charge in [0.25, 0.3) is 0 Å². The van der Waals surface area contributed by atoms with Gasteiger partial charge in [0.15, 0.2) is 0 Å². The molecule has 0 spiro atoms. The van der Waals surface area contributed by atoms with Crippen LogP contribution in [-0.2, 0) is 14.5 Å². The summed E-state index contributed by atoms with van der Waals surface area (Å²) in [6, 6.07) is 0. The van der Waals surface area contributed by atoms with Crippen LogP contribution in [0.5, 0.6) is 0 Å². The fourth-order valence-electron chi connectivity index (χ4n) is 0.0589. The molecule has 1 radical (unpaired) electrons. The number of nitrogens with one attached hydrogen (secondary N) is 1. The summed E-state index contributed by atoms with van der Waals surface area (Å²) in [5, 5.41) is 0. The number of rotatable bonds is 2. The molecule has 0 aliphatic rings. The lowest BCUT2D eigenvalue weighted by atomic mass is 11.6. The summed E-state index contributed by atoms with van der Waals surface area (Å²) in [7, 11) is 0.396. The minimum absolute atomic E-state index is 1.24. The molecule has 0 aromatic heterocycles. The zero-order valence-electron chi connectivity index (χ0n) is 3.84. The normalized spacial score (nSPS) is 11.7. The highest BCUT2D eigenvalue weighted by atomic mass is 32.2. The molecule has 0 aromatic rings. The van der Waals surface area contributed by atoms with E-state index in [0.29, 0.717) is 0 Å². The Kier molecular flexibility index (Phi) is 2.21. The minimum atomic E-state index is -3.52. The number of hydrogen-bond acceptors (Lipinski definition) is 3. The molecule has 4 nitrogen and oxygen atoms in total. The molecule has 0 rings (SSSR count). The van der Waals surface area contributed by atoms with Crippen molar-refractivity contribution in [2.75, 3.05) is 7.05 Å². The molecule has 0 atom stereocenters. The zero-order chi connectivity index (χ0) is 5.91. The lowest BCUT2D eigenvalue weighted by molar-refractivity contribution is 0.430. The first kappa shape index (κ1) is 6.87. The largest absolute Gasteiger partial charge is 0.335 e. The summed E-state index contributed by atoms with van der Waals surface area (Å²) < 4.78 is 25.5. The number of hydrogen-bond donors (Lipinski definition) is 1. The van der Waals surface area contributed by atoms with Gasteiger partial charge in [-0.3, -0.25) is 4.18 Å². The van der Waals surface area contributed by atoms with Gasteiger partial charge in [0.05, 0.1) is 7.11 Å². The van der Waals surface area contributed by atoms with Crippen LogP contribution in [0.1, 0.15) is 0 Å². The van der Waals surface area contributed by atoms with Crippen molar-refractivity contribution in [3.8, 4) is 0 Å². The first-order chi connectivity index (χ1) is 3.12. The van der Waals surface area contributed by atoms with Crippen molar-refractivity contribution in [2.45, 2.75) is 0 Å². The van der Waals surface area contributed by atoms with E-state index in [9.17, 15) is 8.42 Å². The SMILES string of the molecule is [CH2]OS(=O)(=O)NC. The van der Waals surface area contributed by atoms with Gasteiger partial charge in [0, 0.05) is 7.05 Å². The predicted octanol–water partition coefficient (Wildman–Crippen LogP) is -0.741. The Bertz CT molecular complexity index is 116. The van der Waals surface area contributed by atoms with Crippen LogP contribution in [0.2, 0.25) is 0 Å². The summed E-state index contributed by atoms with van der Waals surface area (Å²) in [5.74, 6) is 0. The third-order valence-electron chi connectivity index (χ3n) is 0.405. The van der Waals surface area contributed by atoms with Crippen molar-refractivity contribution in [3.63, 3.8) is 0 Å². The van der Waals surface area contributed by atoms with Crippen LogP contribution in [-0.4, -0.2) is 15.5 Å². The molecule has 5 heteroatoms. The molecular weight excluding hydrogens is 118 g/mol. The molecule has 0 aromatic carbocycles. The second-order valence-corrected chi connectivity index (χ2v) is 2.33. The van der Waals surface area contributed by atoms with Crippen molar-refractivity contribution < 1.29 is 12.6 Å². The van der Waals surface area contributed by atoms with Crippen LogP contribution in [0.3, 0.4) is 0 Å². The van der Waals surface area contributed by atoms with E-state index < -0.39 is 10.3 Å². The Morgan fingerprint density at radius 1 is 1.71 bits per heavy atom. The van der Waals surface area contributed by atoms with Crippen LogP contribution in [0.15, 0.2) is 0 Å². The molecule has 0 amide bonds. The molecular formula is C2H6NO3S. The zero-order valence-corrected chi connectivity index (χ0v) is 4.66. The summed E-state index contributed by atoms with van der Waals surface area (Å²) in [4.78, 5) is 0. The van der Waals surface area contributed by atoms with Crippen molar-refractivity contribution >= 4 is 10.3 Å². The van der Waals surface area contributed by atoms with Gasteiger partial charge in [-0.25, -0.2) is 0 Å². The van der Waals surface area contributed by atoms with Gasteiger partial charge in [0.2, 0.25) is 0 Å². The molecule has 7 heavy (non-hydrogen) atoms. The smallest absolute Gasteiger partial charge is 0.256 e. The van der Waals surface area contributed by atoms with E-state index in [0.717, 1.165) is 0 Å². The highest BCUT2D eigenvalue weighted by Crippen LogP contribution is 1.78. The second-order valence-electron chi connectivity index (χ2n) is 0.776. The Morgan fingerprint density at radius 2 is 2.14 bits per heavy atom.